The molecule has 0 bridgehead atoms. The van der Waals surface area contributed by atoms with Crippen LogP contribution in [0.2, 0.25) is 0 Å². The van der Waals surface area contributed by atoms with E-state index in [0.717, 1.165) is 5.82 Å². The maximum Gasteiger partial charge on any atom is 0.270 e. The van der Waals surface area contributed by atoms with Gasteiger partial charge in [0.25, 0.3) is 5.91 Å². The lowest BCUT2D eigenvalue weighted by Crippen LogP contribution is -2.38. The monoisotopic (exact) mass is 249 g/mol. The number of fused-ring (bicyclic) bond motifs is 1. The molecule has 1 aliphatic rings. The summed E-state index contributed by atoms with van der Waals surface area (Å²) < 4.78 is 12.0. The van der Waals surface area contributed by atoms with E-state index in [1.807, 2.05) is 4.57 Å². The first-order valence-corrected chi connectivity index (χ1v) is 5.64. The van der Waals surface area contributed by atoms with Crippen molar-refractivity contribution >= 4 is 5.91 Å². The van der Waals surface area contributed by atoms with Gasteiger partial charge in [-0.3, -0.25) is 4.79 Å². The van der Waals surface area contributed by atoms with Crippen molar-refractivity contribution < 1.29 is 14.3 Å². The molecule has 1 amide bonds. The normalized spacial score (nSPS) is 15.6. The Morgan fingerprint density at radius 2 is 2.67 bits per heavy atom. The van der Waals surface area contributed by atoms with Crippen molar-refractivity contribution in [1.82, 2.24) is 14.9 Å². The van der Waals surface area contributed by atoms with E-state index in [1.54, 1.807) is 6.20 Å². The summed E-state index contributed by atoms with van der Waals surface area (Å²) in [4.78, 5) is 16.2. The number of hydrogen-bond donors (Lipinski definition) is 1. The van der Waals surface area contributed by atoms with Gasteiger partial charge in [0.05, 0.1) is 19.4 Å². The number of terminal acetylenes is 1. The van der Waals surface area contributed by atoms with Crippen LogP contribution in [0.15, 0.2) is 6.20 Å². The summed E-state index contributed by atoms with van der Waals surface area (Å²) in [5.41, 5.74) is 0.504. The minimum Gasteiger partial charge on any atom is -0.382 e. The minimum atomic E-state index is -0.437. The number of nitrogens with one attached hydrogen (secondary N) is 1. The van der Waals surface area contributed by atoms with Crippen LogP contribution in [0.25, 0.3) is 0 Å². The Hall–Kier alpha value is -1.84. The van der Waals surface area contributed by atoms with Gasteiger partial charge in [-0.2, -0.15) is 0 Å². The van der Waals surface area contributed by atoms with Crippen molar-refractivity contribution in [2.75, 3.05) is 20.3 Å². The number of methoxy groups -OCH3 is 1. The quantitative estimate of drug-likeness (QED) is 0.750. The van der Waals surface area contributed by atoms with Crippen LogP contribution in [0, 0.1) is 12.3 Å². The second-order valence-corrected chi connectivity index (χ2v) is 3.91. The second kappa shape index (κ2) is 5.67. The summed E-state index contributed by atoms with van der Waals surface area (Å²) in [5.74, 6) is 2.98. The molecule has 0 fully saturated rings. The van der Waals surface area contributed by atoms with Gasteiger partial charge in [-0.05, 0) is 0 Å². The molecule has 1 unspecified atom stereocenters. The smallest absolute Gasteiger partial charge is 0.270 e. The number of rotatable bonds is 4. The van der Waals surface area contributed by atoms with E-state index in [4.69, 9.17) is 15.9 Å². The zero-order valence-corrected chi connectivity index (χ0v) is 10.2. The van der Waals surface area contributed by atoms with E-state index < -0.39 is 6.04 Å². The first-order valence-electron chi connectivity index (χ1n) is 5.64. The number of carbonyl (C=O) groups excluding carboxylic acids is 1. The van der Waals surface area contributed by atoms with Gasteiger partial charge in [0.1, 0.15) is 24.2 Å². The molecule has 2 rings (SSSR count). The zero-order chi connectivity index (χ0) is 13.0. The van der Waals surface area contributed by atoms with Gasteiger partial charge in [0, 0.05) is 13.7 Å². The maximum absolute atomic E-state index is 12.1. The molecule has 0 saturated carbocycles. The van der Waals surface area contributed by atoms with Crippen LogP contribution in [-0.4, -0.2) is 41.8 Å². The van der Waals surface area contributed by atoms with Crippen molar-refractivity contribution in [1.29, 1.82) is 0 Å². The molecule has 0 saturated heterocycles. The van der Waals surface area contributed by atoms with Gasteiger partial charge < -0.3 is 19.4 Å². The van der Waals surface area contributed by atoms with Crippen LogP contribution in [0.5, 0.6) is 0 Å². The molecule has 0 aliphatic carbocycles. The van der Waals surface area contributed by atoms with Crippen LogP contribution in [0.1, 0.15) is 16.3 Å². The summed E-state index contributed by atoms with van der Waals surface area (Å²) >= 11 is 0. The van der Waals surface area contributed by atoms with E-state index in [0.29, 0.717) is 25.5 Å². The third-order valence-corrected chi connectivity index (χ3v) is 2.70. The molecule has 0 aromatic carbocycles. The maximum atomic E-state index is 12.1. The van der Waals surface area contributed by atoms with E-state index in [1.165, 1.54) is 7.11 Å². The lowest BCUT2D eigenvalue weighted by Gasteiger charge is -2.17. The number of hydrogen-bond acceptors (Lipinski definition) is 4. The van der Waals surface area contributed by atoms with Crippen molar-refractivity contribution in [3.8, 4) is 12.3 Å². The van der Waals surface area contributed by atoms with E-state index >= 15 is 0 Å². The topological polar surface area (TPSA) is 65.4 Å². The third-order valence-electron chi connectivity index (χ3n) is 2.70. The predicted octanol–water partition coefficient (Wildman–Crippen LogP) is -0.209. The molecule has 1 aliphatic heterocycles. The van der Waals surface area contributed by atoms with E-state index in [-0.39, 0.29) is 12.5 Å². The molecule has 6 heteroatoms. The Labute approximate surface area is 105 Å². The first-order chi connectivity index (χ1) is 8.76. The molecule has 6 nitrogen and oxygen atoms in total. The highest BCUT2D eigenvalue weighted by Crippen LogP contribution is 2.11. The lowest BCUT2D eigenvalue weighted by atomic mass is 10.3. The fourth-order valence-electron chi connectivity index (χ4n) is 1.81. The molecule has 0 radical (unpaired) electrons. The van der Waals surface area contributed by atoms with E-state index in [2.05, 4.69) is 16.2 Å². The van der Waals surface area contributed by atoms with Gasteiger partial charge in [-0.25, -0.2) is 4.98 Å². The molecule has 1 aromatic heterocycles. The number of ether oxygens (including phenoxy) is 2. The van der Waals surface area contributed by atoms with Gasteiger partial charge in [0.15, 0.2) is 0 Å². The Bertz CT molecular complexity index is 475. The summed E-state index contributed by atoms with van der Waals surface area (Å²) in [7, 11) is 1.54. The Morgan fingerprint density at radius 3 is 3.39 bits per heavy atom. The third kappa shape index (κ3) is 2.53. The molecule has 2 heterocycles. The van der Waals surface area contributed by atoms with Gasteiger partial charge in [0.2, 0.25) is 0 Å². The molecular formula is C12H15N3O3. The number of aromatic nitrogens is 2. The van der Waals surface area contributed by atoms with E-state index in [9.17, 15) is 4.79 Å². The van der Waals surface area contributed by atoms with Gasteiger partial charge >= 0.3 is 0 Å². The van der Waals surface area contributed by atoms with Crippen LogP contribution in [-0.2, 0) is 22.6 Å². The van der Waals surface area contributed by atoms with Gasteiger partial charge in [-0.1, -0.05) is 5.92 Å². The SMILES string of the molecule is C#CC(COC)NC(=O)c1cnc2n1CCOC2. The largest absolute Gasteiger partial charge is 0.382 e. The number of amides is 1. The lowest BCUT2D eigenvalue weighted by molar-refractivity contribution is 0.0771. The predicted molar refractivity (Wildman–Crippen MR) is 63.8 cm³/mol. The molecule has 1 N–H and O–H groups in total. The van der Waals surface area contributed by atoms with Crippen molar-refractivity contribution in [3.05, 3.63) is 17.7 Å². The molecule has 96 valence electrons. The standard InChI is InChI=1S/C12H15N3O3/c1-3-9(7-17-2)14-12(16)10-6-13-11-8-18-5-4-15(10)11/h1,6,9H,4-5,7-8H2,2H3,(H,14,16). The van der Waals surface area contributed by atoms with Crippen LogP contribution >= 0.6 is 0 Å². The fraction of sp³-hybridized carbons (Fsp3) is 0.500. The molecule has 18 heavy (non-hydrogen) atoms. The average Bonchev–Trinajstić information content (AvgIpc) is 2.82. The second-order valence-electron chi connectivity index (χ2n) is 3.91. The fourth-order valence-corrected chi connectivity index (χ4v) is 1.81. The highest BCUT2D eigenvalue weighted by Gasteiger charge is 2.20. The Morgan fingerprint density at radius 1 is 1.83 bits per heavy atom. The van der Waals surface area contributed by atoms with Gasteiger partial charge in [-0.15, -0.1) is 6.42 Å². The van der Waals surface area contributed by atoms with Crippen LogP contribution in [0.3, 0.4) is 0 Å². The Balaban J connectivity index is 2.09. The summed E-state index contributed by atoms with van der Waals surface area (Å²) in [6.07, 6.45) is 6.85. The summed E-state index contributed by atoms with van der Waals surface area (Å²) in [5, 5.41) is 2.72. The summed E-state index contributed by atoms with van der Waals surface area (Å²) in [6, 6.07) is -0.437. The Kier molecular flexibility index (Phi) is 3.97. The van der Waals surface area contributed by atoms with Crippen molar-refractivity contribution in [2.45, 2.75) is 19.2 Å². The number of nitrogens with zero attached hydrogens (tertiary/aromatic N) is 2. The molecule has 1 aromatic rings. The highest BCUT2D eigenvalue weighted by atomic mass is 16.5. The zero-order valence-electron chi connectivity index (χ0n) is 10.2. The van der Waals surface area contributed by atoms with Crippen LogP contribution in [0.4, 0.5) is 0 Å². The first kappa shape index (κ1) is 12.6. The highest BCUT2D eigenvalue weighted by molar-refractivity contribution is 5.93. The number of imidazole rings is 1. The molecule has 0 spiro atoms. The van der Waals surface area contributed by atoms with Crippen LogP contribution < -0.4 is 5.32 Å². The minimum absolute atomic E-state index is 0.240. The average molecular weight is 249 g/mol. The van der Waals surface area contributed by atoms with Crippen molar-refractivity contribution in [3.63, 3.8) is 0 Å². The van der Waals surface area contributed by atoms with Crippen molar-refractivity contribution in [2.24, 2.45) is 0 Å². The summed E-state index contributed by atoms with van der Waals surface area (Å²) in [6.45, 7) is 1.93. The molecular weight excluding hydrogens is 234 g/mol. The molecule has 1 atom stereocenters. The number of carbonyl (C=O) groups is 1.